The Balaban J connectivity index is 1.54. The van der Waals surface area contributed by atoms with Gasteiger partial charge >= 0.3 is 0 Å². The van der Waals surface area contributed by atoms with Gasteiger partial charge in [0.15, 0.2) is 5.96 Å². The zero-order valence-electron chi connectivity index (χ0n) is 16.8. The molecular formula is C22H25F2N5O. The number of nitrogens with zero attached hydrogens (tertiary/aromatic N) is 3. The summed E-state index contributed by atoms with van der Waals surface area (Å²) in [5, 5.41) is 10.8. The molecule has 2 N–H and O–H groups in total. The maximum Gasteiger partial charge on any atom is 0.272 e. The quantitative estimate of drug-likeness (QED) is 0.417. The summed E-state index contributed by atoms with van der Waals surface area (Å²) in [6, 6.07) is 17.2. The minimum atomic E-state index is -2.49. The highest BCUT2D eigenvalue weighted by Crippen LogP contribution is 2.14. The Morgan fingerprint density at radius 2 is 1.87 bits per heavy atom. The van der Waals surface area contributed by atoms with E-state index >= 15 is 0 Å². The van der Waals surface area contributed by atoms with Crippen LogP contribution in [-0.2, 0) is 19.6 Å². The van der Waals surface area contributed by atoms with Crippen molar-refractivity contribution in [2.75, 3.05) is 13.7 Å². The van der Waals surface area contributed by atoms with E-state index in [0.29, 0.717) is 31.3 Å². The second-order valence-electron chi connectivity index (χ2n) is 6.60. The van der Waals surface area contributed by atoms with Crippen molar-refractivity contribution in [1.29, 1.82) is 0 Å². The first-order valence-corrected chi connectivity index (χ1v) is 9.62. The molecule has 0 amide bonds. The molecular weight excluding hydrogens is 388 g/mol. The lowest BCUT2D eigenvalue weighted by Crippen LogP contribution is -2.36. The Hall–Kier alpha value is -3.42. The zero-order valence-corrected chi connectivity index (χ0v) is 16.8. The van der Waals surface area contributed by atoms with Crippen LogP contribution < -0.4 is 15.4 Å². The smallest absolute Gasteiger partial charge is 0.272 e. The van der Waals surface area contributed by atoms with Gasteiger partial charge < -0.3 is 15.4 Å². The molecule has 0 radical (unpaired) electrons. The molecule has 0 bridgehead atoms. The largest absolute Gasteiger partial charge is 0.488 e. The average Bonchev–Trinajstić information content (AvgIpc) is 3.27. The number of rotatable bonds is 9. The van der Waals surface area contributed by atoms with Gasteiger partial charge in [-0.3, -0.25) is 9.67 Å². The molecule has 0 aliphatic carbocycles. The second kappa shape index (κ2) is 10.9. The normalized spacial score (nSPS) is 11.5. The summed E-state index contributed by atoms with van der Waals surface area (Å²) in [4.78, 5) is 4.25. The number of hydrogen-bond acceptors (Lipinski definition) is 3. The van der Waals surface area contributed by atoms with Gasteiger partial charge in [-0.2, -0.15) is 5.10 Å². The summed E-state index contributed by atoms with van der Waals surface area (Å²) in [6.07, 6.45) is 1.20. The topological polar surface area (TPSA) is 63.5 Å². The molecule has 0 unspecified atom stereocenters. The van der Waals surface area contributed by atoms with Crippen LogP contribution in [0.15, 0.2) is 72.0 Å². The fourth-order valence-corrected chi connectivity index (χ4v) is 2.94. The molecule has 0 saturated heterocycles. The Labute approximate surface area is 174 Å². The van der Waals surface area contributed by atoms with Crippen molar-refractivity contribution in [2.24, 2.45) is 4.99 Å². The van der Waals surface area contributed by atoms with Crippen LogP contribution in [0.2, 0.25) is 0 Å². The third-order valence-electron chi connectivity index (χ3n) is 4.41. The molecule has 0 fully saturated rings. The van der Waals surface area contributed by atoms with Crippen molar-refractivity contribution in [3.63, 3.8) is 0 Å². The molecule has 0 aliphatic heterocycles. The van der Waals surface area contributed by atoms with Gasteiger partial charge in [0, 0.05) is 32.5 Å². The third kappa shape index (κ3) is 6.58. The Morgan fingerprint density at radius 3 is 2.60 bits per heavy atom. The summed E-state index contributed by atoms with van der Waals surface area (Å²) in [7, 11) is 1.70. The highest BCUT2D eigenvalue weighted by Gasteiger charge is 2.06. The molecule has 158 valence electrons. The first-order valence-electron chi connectivity index (χ1n) is 9.62. The number of guanidine groups is 1. The average molecular weight is 413 g/mol. The molecule has 2 aromatic carbocycles. The van der Waals surface area contributed by atoms with Crippen LogP contribution in [-0.4, -0.2) is 35.8 Å². The Bertz CT molecular complexity index is 944. The van der Waals surface area contributed by atoms with Gasteiger partial charge in [-0.05, 0) is 34.9 Å². The van der Waals surface area contributed by atoms with Gasteiger partial charge in [-0.1, -0.05) is 36.4 Å². The van der Waals surface area contributed by atoms with E-state index in [0.717, 1.165) is 11.1 Å². The molecule has 0 atom stereocenters. The van der Waals surface area contributed by atoms with Crippen LogP contribution in [0.5, 0.6) is 5.75 Å². The maximum absolute atomic E-state index is 12.3. The predicted octanol–water partition coefficient (Wildman–Crippen LogP) is 3.44. The minimum Gasteiger partial charge on any atom is -0.488 e. The first-order chi connectivity index (χ1) is 14.6. The van der Waals surface area contributed by atoms with Crippen molar-refractivity contribution in [1.82, 2.24) is 20.4 Å². The molecule has 3 rings (SSSR count). The van der Waals surface area contributed by atoms with Gasteiger partial charge in [0.2, 0.25) is 0 Å². The van der Waals surface area contributed by atoms with Crippen LogP contribution in [0.1, 0.15) is 16.7 Å². The molecule has 0 aliphatic rings. The van der Waals surface area contributed by atoms with Crippen LogP contribution in [0.3, 0.4) is 0 Å². The number of aliphatic imine (C=N–C) groups is 1. The standard InChI is InChI=1S/C22H25F2N5O/c1-25-22(26-13-17-6-4-9-20(12-17)30-16-21(23)24)27-14-18-7-2-3-8-19(18)15-29-11-5-10-28-29/h2-12,21H,13-16H2,1H3,(H2,25,26,27). The number of alkyl halides is 2. The van der Waals surface area contributed by atoms with E-state index in [1.54, 1.807) is 31.4 Å². The van der Waals surface area contributed by atoms with E-state index < -0.39 is 13.0 Å². The lowest BCUT2D eigenvalue weighted by molar-refractivity contribution is 0.0818. The van der Waals surface area contributed by atoms with Gasteiger partial charge in [-0.25, -0.2) is 8.78 Å². The highest BCUT2D eigenvalue weighted by atomic mass is 19.3. The van der Waals surface area contributed by atoms with Crippen molar-refractivity contribution in [3.8, 4) is 5.75 Å². The monoisotopic (exact) mass is 413 g/mol. The van der Waals surface area contributed by atoms with Gasteiger partial charge in [0.1, 0.15) is 12.4 Å². The number of halogens is 2. The molecule has 1 heterocycles. The van der Waals surface area contributed by atoms with Crippen LogP contribution in [0.25, 0.3) is 0 Å². The number of hydrogen-bond donors (Lipinski definition) is 2. The Kier molecular flexibility index (Phi) is 7.77. The fourth-order valence-electron chi connectivity index (χ4n) is 2.94. The van der Waals surface area contributed by atoms with Crippen LogP contribution in [0, 0.1) is 0 Å². The number of nitrogens with one attached hydrogen (secondary N) is 2. The van der Waals surface area contributed by atoms with Crippen molar-refractivity contribution in [3.05, 3.63) is 83.7 Å². The van der Waals surface area contributed by atoms with Crippen molar-refractivity contribution >= 4 is 5.96 Å². The van der Waals surface area contributed by atoms with Crippen LogP contribution >= 0.6 is 0 Å². The number of benzene rings is 2. The molecule has 30 heavy (non-hydrogen) atoms. The fraction of sp³-hybridized carbons (Fsp3) is 0.273. The van der Waals surface area contributed by atoms with Gasteiger partial charge in [0.25, 0.3) is 6.43 Å². The van der Waals surface area contributed by atoms with E-state index in [2.05, 4.69) is 32.9 Å². The van der Waals surface area contributed by atoms with Crippen molar-refractivity contribution in [2.45, 2.75) is 26.1 Å². The summed E-state index contributed by atoms with van der Waals surface area (Å²) in [5.41, 5.74) is 3.23. The van der Waals surface area contributed by atoms with E-state index in [1.807, 2.05) is 35.1 Å². The minimum absolute atomic E-state index is 0.421. The summed E-state index contributed by atoms with van der Waals surface area (Å²) in [6.45, 7) is 1.18. The molecule has 1 aromatic heterocycles. The van der Waals surface area contributed by atoms with Crippen LogP contribution in [0.4, 0.5) is 8.78 Å². The van der Waals surface area contributed by atoms with Gasteiger partial charge in [0.05, 0.1) is 6.54 Å². The molecule has 6 nitrogen and oxygen atoms in total. The van der Waals surface area contributed by atoms with E-state index in [9.17, 15) is 8.78 Å². The Morgan fingerprint density at radius 1 is 1.07 bits per heavy atom. The SMILES string of the molecule is CN=C(NCc1cccc(OCC(F)F)c1)NCc1ccccc1Cn1cccn1. The zero-order chi connectivity index (χ0) is 21.2. The van der Waals surface area contributed by atoms with E-state index in [4.69, 9.17) is 4.74 Å². The summed E-state index contributed by atoms with van der Waals surface area (Å²) in [5.74, 6) is 1.06. The van der Waals surface area contributed by atoms with Gasteiger partial charge in [-0.15, -0.1) is 0 Å². The number of ether oxygens (including phenoxy) is 1. The molecule has 3 aromatic rings. The lowest BCUT2D eigenvalue weighted by Gasteiger charge is -2.15. The third-order valence-corrected chi connectivity index (χ3v) is 4.41. The summed E-state index contributed by atoms with van der Waals surface area (Å²) < 4.78 is 31.6. The van der Waals surface area contributed by atoms with E-state index in [1.165, 1.54) is 5.56 Å². The predicted molar refractivity (Wildman–Crippen MR) is 113 cm³/mol. The summed E-state index contributed by atoms with van der Waals surface area (Å²) >= 11 is 0. The lowest BCUT2D eigenvalue weighted by atomic mass is 10.1. The van der Waals surface area contributed by atoms with E-state index in [-0.39, 0.29) is 0 Å². The molecule has 8 heteroatoms. The second-order valence-corrected chi connectivity index (χ2v) is 6.60. The first kappa shape index (κ1) is 21.3. The maximum atomic E-state index is 12.3. The molecule has 0 saturated carbocycles. The highest BCUT2D eigenvalue weighted by molar-refractivity contribution is 5.79. The van der Waals surface area contributed by atoms with Crippen molar-refractivity contribution < 1.29 is 13.5 Å². The number of aromatic nitrogens is 2. The molecule has 0 spiro atoms.